The fourth-order valence-corrected chi connectivity index (χ4v) is 6.25. The van der Waals surface area contributed by atoms with Crippen molar-refractivity contribution in [2.45, 2.75) is 68.7 Å². The molecule has 0 spiro atoms. The Bertz CT molecular complexity index is 1200. The Hall–Kier alpha value is -2.64. The molecule has 0 aliphatic heterocycles. The van der Waals surface area contributed by atoms with E-state index in [0.29, 0.717) is 12.2 Å². The van der Waals surface area contributed by atoms with Crippen LogP contribution in [-0.2, 0) is 25.7 Å². The largest absolute Gasteiger partial charge is 0.480 e. The molecule has 2 rings (SSSR count). The molecule has 0 amide bonds. The average Bonchev–Trinajstić information content (AvgIpc) is 2.80. The minimum atomic E-state index is -4.61. The number of benzene rings is 2. The minimum absolute atomic E-state index is 0.00319. The van der Waals surface area contributed by atoms with E-state index in [1.807, 2.05) is 0 Å². The number of nitro benzene ring substituents is 1. The highest BCUT2D eigenvalue weighted by molar-refractivity contribution is 7.89. The molecule has 0 radical (unpaired) electrons. The van der Waals surface area contributed by atoms with Gasteiger partial charge in [0.15, 0.2) is 13.2 Å². The molecule has 0 aromatic heterocycles. The summed E-state index contributed by atoms with van der Waals surface area (Å²) in [5.41, 5.74) is -2.11. The van der Waals surface area contributed by atoms with Gasteiger partial charge in [-0.05, 0) is 36.7 Å². The number of carbonyl (C=O) groups is 1. The van der Waals surface area contributed by atoms with Gasteiger partial charge in [-0.25, -0.2) is 8.42 Å². The summed E-state index contributed by atoms with van der Waals surface area (Å²) >= 11 is 0. The standard InChI is InChI=1S/C25H37N3O7SSi/c1-19(26-16-17-35-37(5,6)24(2,3)4)25(23(29)30,18-20-12-8-7-9-13-20)27-36(33,34)22-15-11-10-14-21(22)28(31)32/h7-15,19,26-27H,16-18H2,1-6H3,(H,29,30). The summed E-state index contributed by atoms with van der Waals surface area (Å²) in [7, 11) is -6.65. The molecule has 0 saturated carbocycles. The van der Waals surface area contributed by atoms with Gasteiger partial charge in [-0.2, -0.15) is 4.72 Å². The number of carboxylic acid groups (broad SMARTS) is 1. The highest BCUT2D eigenvalue weighted by Gasteiger charge is 2.48. The van der Waals surface area contributed by atoms with Gasteiger partial charge in [0.1, 0.15) is 5.54 Å². The zero-order valence-electron chi connectivity index (χ0n) is 22.1. The fraction of sp³-hybridized carbons (Fsp3) is 0.480. The predicted octanol–water partition coefficient (Wildman–Crippen LogP) is 3.94. The van der Waals surface area contributed by atoms with Crippen molar-refractivity contribution in [3.63, 3.8) is 0 Å². The number of hydrogen-bond acceptors (Lipinski definition) is 7. The fourth-order valence-electron chi connectivity index (χ4n) is 3.60. The summed E-state index contributed by atoms with van der Waals surface area (Å²) in [5, 5.41) is 25.0. The van der Waals surface area contributed by atoms with E-state index in [9.17, 15) is 28.4 Å². The van der Waals surface area contributed by atoms with E-state index in [1.54, 1.807) is 37.3 Å². The van der Waals surface area contributed by atoms with Crippen molar-refractivity contribution in [3.8, 4) is 0 Å². The van der Waals surface area contributed by atoms with Crippen molar-refractivity contribution < 1.29 is 27.7 Å². The molecular formula is C25H37N3O7SSi. The third-order valence-corrected chi connectivity index (χ3v) is 13.0. The number of nitrogens with zero attached hydrogens (tertiary/aromatic N) is 1. The van der Waals surface area contributed by atoms with Gasteiger partial charge in [-0.15, -0.1) is 0 Å². The molecule has 37 heavy (non-hydrogen) atoms. The van der Waals surface area contributed by atoms with E-state index in [1.165, 1.54) is 12.1 Å². The molecule has 0 aliphatic carbocycles. The van der Waals surface area contributed by atoms with E-state index in [2.05, 4.69) is 43.9 Å². The molecule has 0 heterocycles. The molecule has 0 saturated heterocycles. The molecule has 0 bridgehead atoms. The molecule has 2 aromatic rings. The number of nitro groups is 1. The zero-order valence-corrected chi connectivity index (χ0v) is 24.0. The predicted molar refractivity (Wildman–Crippen MR) is 145 cm³/mol. The van der Waals surface area contributed by atoms with Crippen molar-refractivity contribution >= 4 is 30.0 Å². The van der Waals surface area contributed by atoms with E-state index < -0.39 is 51.4 Å². The molecule has 0 fully saturated rings. The van der Waals surface area contributed by atoms with Crippen LogP contribution in [-0.4, -0.2) is 57.5 Å². The number of hydrogen-bond donors (Lipinski definition) is 3. The highest BCUT2D eigenvalue weighted by atomic mass is 32.2. The summed E-state index contributed by atoms with van der Waals surface area (Å²) in [6.07, 6.45) is -0.194. The molecule has 0 aliphatic rings. The molecule has 2 aromatic carbocycles. The number of para-hydroxylation sites is 1. The lowest BCUT2D eigenvalue weighted by atomic mass is 9.85. The Balaban J connectivity index is 2.42. The molecule has 3 N–H and O–H groups in total. The SMILES string of the molecule is CC(NCCO[Si](C)(C)C(C)(C)C)C(Cc1ccccc1)(NS(=O)(=O)c1ccccc1[N+](=O)[O-])C(=O)O. The maximum Gasteiger partial charge on any atom is 0.326 e. The number of rotatable bonds is 13. The van der Waals surface area contributed by atoms with Gasteiger partial charge in [-0.3, -0.25) is 14.9 Å². The summed E-state index contributed by atoms with van der Waals surface area (Å²) in [4.78, 5) is 22.9. The van der Waals surface area contributed by atoms with E-state index >= 15 is 0 Å². The first-order chi connectivity index (χ1) is 17.0. The Morgan fingerprint density at radius 1 is 1.11 bits per heavy atom. The smallest absolute Gasteiger partial charge is 0.326 e. The molecule has 204 valence electrons. The van der Waals surface area contributed by atoms with E-state index in [-0.39, 0.29) is 18.0 Å². The minimum Gasteiger partial charge on any atom is -0.480 e. The Labute approximate surface area is 219 Å². The number of carboxylic acids is 1. The highest BCUT2D eigenvalue weighted by Crippen LogP contribution is 2.36. The number of nitrogens with one attached hydrogen (secondary N) is 2. The molecule has 2 atom stereocenters. The summed E-state index contributed by atoms with van der Waals surface area (Å²) in [5.74, 6) is -1.41. The van der Waals surface area contributed by atoms with Crippen LogP contribution < -0.4 is 10.0 Å². The third-order valence-electron chi connectivity index (χ3n) is 6.94. The normalized spacial score (nSPS) is 15.1. The van der Waals surface area contributed by atoms with Crippen LogP contribution in [0.25, 0.3) is 0 Å². The van der Waals surface area contributed by atoms with Crippen LogP contribution >= 0.6 is 0 Å². The van der Waals surface area contributed by atoms with Crippen LogP contribution in [0.5, 0.6) is 0 Å². The number of aliphatic carboxylic acids is 1. The van der Waals surface area contributed by atoms with Crippen LogP contribution in [0.3, 0.4) is 0 Å². The second kappa shape index (κ2) is 11.8. The molecular weight excluding hydrogens is 514 g/mol. The monoisotopic (exact) mass is 551 g/mol. The first-order valence-electron chi connectivity index (χ1n) is 12.0. The first-order valence-corrected chi connectivity index (χ1v) is 16.3. The van der Waals surface area contributed by atoms with Crippen LogP contribution in [0.2, 0.25) is 18.1 Å². The van der Waals surface area contributed by atoms with Gasteiger partial charge in [-0.1, -0.05) is 63.2 Å². The van der Waals surface area contributed by atoms with Crippen molar-refractivity contribution in [1.29, 1.82) is 0 Å². The third kappa shape index (κ3) is 7.45. The van der Waals surface area contributed by atoms with Crippen molar-refractivity contribution in [3.05, 3.63) is 70.3 Å². The molecule has 10 nitrogen and oxygen atoms in total. The van der Waals surface area contributed by atoms with Gasteiger partial charge in [0.05, 0.1) is 4.92 Å². The average molecular weight is 552 g/mol. The Kier molecular flexibility index (Phi) is 9.77. The molecule has 12 heteroatoms. The van der Waals surface area contributed by atoms with E-state index in [4.69, 9.17) is 4.43 Å². The van der Waals surface area contributed by atoms with Crippen LogP contribution in [0.15, 0.2) is 59.5 Å². The van der Waals surface area contributed by atoms with Crippen molar-refractivity contribution in [2.24, 2.45) is 0 Å². The number of sulfonamides is 1. The van der Waals surface area contributed by atoms with Crippen molar-refractivity contribution in [1.82, 2.24) is 10.0 Å². The second-order valence-electron chi connectivity index (χ2n) is 10.6. The van der Waals surface area contributed by atoms with Crippen LogP contribution in [0, 0.1) is 10.1 Å². The summed E-state index contributed by atoms with van der Waals surface area (Å²) in [6.45, 7) is 12.7. The maximum absolute atomic E-state index is 13.4. The lowest BCUT2D eigenvalue weighted by molar-refractivity contribution is -0.387. The van der Waals surface area contributed by atoms with Gasteiger partial charge in [0.2, 0.25) is 10.0 Å². The molecule has 2 unspecified atom stereocenters. The zero-order chi connectivity index (χ0) is 28.1. The second-order valence-corrected chi connectivity index (χ2v) is 17.0. The Morgan fingerprint density at radius 2 is 1.68 bits per heavy atom. The Morgan fingerprint density at radius 3 is 2.22 bits per heavy atom. The summed E-state index contributed by atoms with van der Waals surface area (Å²) in [6, 6.07) is 12.5. The topological polar surface area (TPSA) is 148 Å². The van der Waals surface area contributed by atoms with Crippen LogP contribution in [0.1, 0.15) is 33.3 Å². The summed E-state index contributed by atoms with van der Waals surface area (Å²) < 4.78 is 35.3. The van der Waals surface area contributed by atoms with Gasteiger partial charge >= 0.3 is 5.97 Å². The lowest BCUT2D eigenvalue weighted by Gasteiger charge is -2.38. The van der Waals surface area contributed by atoms with Gasteiger partial charge in [0, 0.05) is 31.7 Å². The van der Waals surface area contributed by atoms with Gasteiger partial charge < -0.3 is 14.8 Å². The first kappa shape index (κ1) is 30.6. The van der Waals surface area contributed by atoms with E-state index in [0.717, 1.165) is 12.1 Å². The van der Waals surface area contributed by atoms with Crippen LogP contribution in [0.4, 0.5) is 5.69 Å². The quantitative estimate of drug-likeness (QED) is 0.147. The maximum atomic E-state index is 13.4. The van der Waals surface area contributed by atoms with Crippen molar-refractivity contribution in [2.75, 3.05) is 13.2 Å². The van der Waals surface area contributed by atoms with Gasteiger partial charge in [0.25, 0.3) is 5.69 Å². The lowest BCUT2D eigenvalue weighted by Crippen LogP contribution is -2.66.